The lowest BCUT2D eigenvalue weighted by atomic mass is 10.0. The average Bonchev–Trinajstić information content (AvgIpc) is 2.54. The summed E-state index contributed by atoms with van der Waals surface area (Å²) in [6.45, 7) is 6.03. The molecule has 0 spiro atoms. The predicted octanol–water partition coefficient (Wildman–Crippen LogP) is 2.84. The molecule has 0 aliphatic carbocycles. The van der Waals surface area contributed by atoms with Crippen molar-refractivity contribution >= 4 is 24.0 Å². The van der Waals surface area contributed by atoms with Crippen LogP contribution in [0, 0.1) is 11.8 Å². The quantitative estimate of drug-likeness (QED) is 0.833. The Hall–Kier alpha value is -1.30. The number of rotatable bonds is 6. The van der Waals surface area contributed by atoms with Gasteiger partial charge in [-0.2, -0.15) is 0 Å². The molecule has 3 N–H and O–H groups in total. The van der Waals surface area contributed by atoms with Crippen molar-refractivity contribution in [3.63, 3.8) is 0 Å². The Morgan fingerprint density at radius 1 is 1.30 bits per heavy atom. The van der Waals surface area contributed by atoms with Gasteiger partial charge in [-0.25, -0.2) is 0 Å². The normalized spacial score (nSPS) is 17.7. The highest BCUT2D eigenvalue weighted by molar-refractivity contribution is 5.92. The van der Waals surface area contributed by atoms with Crippen molar-refractivity contribution in [2.45, 2.75) is 32.7 Å². The summed E-state index contributed by atoms with van der Waals surface area (Å²) in [5.74, 6) is 1.11. The number of benzene rings is 1. The molecule has 6 heteroatoms. The third kappa shape index (κ3) is 6.37. The van der Waals surface area contributed by atoms with Crippen molar-refractivity contribution in [3.05, 3.63) is 24.3 Å². The van der Waals surface area contributed by atoms with Gasteiger partial charge in [0.1, 0.15) is 5.75 Å². The molecule has 1 aliphatic rings. The molecule has 0 radical (unpaired) electrons. The minimum absolute atomic E-state index is 0. The number of carbonyl (C=O) groups is 1. The molecule has 2 rings (SSSR count). The number of nitrogens with two attached hydrogens (primary N) is 1. The van der Waals surface area contributed by atoms with Crippen molar-refractivity contribution in [1.82, 2.24) is 0 Å². The smallest absolute Gasteiger partial charge is 0.228 e. The third-order valence-electron chi connectivity index (χ3n) is 4.15. The number of ether oxygens (including phenoxy) is 2. The maximum atomic E-state index is 11.9. The SMILES string of the molecule is CC(N)C(C)C(=O)Nc1ccc(OCC2CCOCC2)cc1.Cl. The largest absolute Gasteiger partial charge is 0.493 e. The van der Waals surface area contributed by atoms with Gasteiger partial charge in [0.05, 0.1) is 12.5 Å². The van der Waals surface area contributed by atoms with E-state index in [1.165, 1.54) is 0 Å². The van der Waals surface area contributed by atoms with Gasteiger partial charge in [0.2, 0.25) is 5.91 Å². The first kappa shape index (κ1) is 19.7. The molecule has 23 heavy (non-hydrogen) atoms. The molecule has 1 saturated heterocycles. The average molecular weight is 343 g/mol. The molecule has 1 aromatic rings. The van der Waals surface area contributed by atoms with Crippen LogP contribution in [0.4, 0.5) is 5.69 Å². The number of carbonyl (C=O) groups excluding carboxylic acids is 1. The van der Waals surface area contributed by atoms with E-state index in [1.807, 2.05) is 38.1 Å². The van der Waals surface area contributed by atoms with Gasteiger partial charge >= 0.3 is 0 Å². The van der Waals surface area contributed by atoms with Crippen LogP contribution >= 0.6 is 12.4 Å². The van der Waals surface area contributed by atoms with Crippen LogP contribution in [0.1, 0.15) is 26.7 Å². The standard InChI is InChI=1S/C17H26N2O3.ClH/c1-12(13(2)18)17(20)19-15-3-5-16(6-4-15)22-11-14-7-9-21-10-8-14;/h3-6,12-14H,7-11,18H2,1-2H3,(H,19,20);1H. The lowest BCUT2D eigenvalue weighted by Gasteiger charge is -2.22. The summed E-state index contributed by atoms with van der Waals surface area (Å²) in [6.07, 6.45) is 2.12. The Bertz CT molecular complexity index is 473. The Labute approximate surface area is 144 Å². The first-order chi connectivity index (χ1) is 10.6. The van der Waals surface area contributed by atoms with Gasteiger partial charge in [-0.05, 0) is 49.9 Å². The summed E-state index contributed by atoms with van der Waals surface area (Å²) >= 11 is 0. The fraction of sp³-hybridized carbons (Fsp3) is 0.588. The molecular weight excluding hydrogens is 316 g/mol. The molecule has 2 unspecified atom stereocenters. The first-order valence-corrected chi connectivity index (χ1v) is 7.93. The summed E-state index contributed by atoms with van der Waals surface area (Å²) in [6, 6.07) is 7.30. The summed E-state index contributed by atoms with van der Waals surface area (Å²) in [4.78, 5) is 11.9. The molecule has 1 aromatic carbocycles. The molecule has 1 heterocycles. The van der Waals surface area contributed by atoms with Crippen molar-refractivity contribution in [3.8, 4) is 5.75 Å². The van der Waals surface area contributed by atoms with Gasteiger partial charge in [-0.15, -0.1) is 12.4 Å². The van der Waals surface area contributed by atoms with Gasteiger partial charge in [-0.3, -0.25) is 4.79 Å². The fourth-order valence-corrected chi connectivity index (χ4v) is 2.26. The van der Waals surface area contributed by atoms with E-state index >= 15 is 0 Å². The molecule has 5 nitrogen and oxygen atoms in total. The zero-order valence-electron chi connectivity index (χ0n) is 13.8. The Morgan fingerprint density at radius 2 is 1.91 bits per heavy atom. The van der Waals surface area contributed by atoms with Crippen molar-refractivity contribution in [2.24, 2.45) is 17.6 Å². The second-order valence-corrected chi connectivity index (χ2v) is 6.03. The zero-order valence-corrected chi connectivity index (χ0v) is 14.6. The van der Waals surface area contributed by atoms with Crippen molar-refractivity contribution in [2.75, 3.05) is 25.1 Å². The Kier molecular flexibility index (Phi) is 8.37. The molecule has 0 bridgehead atoms. The summed E-state index contributed by atoms with van der Waals surface area (Å²) in [7, 11) is 0. The minimum atomic E-state index is -0.218. The molecule has 130 valence electrons. The maximum absolute atomic E-state index is 11.9. The number of halogens is 1. The van der Waals surface area contributed by atoms with Crippen molar-refractivity contribution < 1.29 is 14.3 Å². The first-order valence-electron chi connectivity index (χ1n) is 7.93. The number of amides is 1. The summed E-state index contributed by atoms with van der Waals surface area (Å²) in [5.41, 5.74) is 6.50. The van der Waals surface area contributed by atoms with Gasteiger partial charge in [-0.1, -0.05) is 6.92 Å². The Balaban J connectivity index is 0.00000264. The molecular formula is C17H27ClN2O3. The van der Waals surface area contributed by atoms with Crippen LogP contribution in [-0.2, 0) is 9.53 Å². The molecule has 0 aromatic heterocycles. The van der Waals surface area contributed by atoms with E-state index in [4.69, 9.17) is 15.2 Å². The van der Waals surface area contributed by atoms with Gasteiger partial charge < -0.3 is 20.5 Å². The Morgan fingerprint density at radius 3 is 2.48 bits per heavy atom. The van der Waals surface area contributed by atoms with E-state index in [0.29, 0.717) is 5.92 Å². The van der Waals surface area contributed by atoms with Crippen LogP contribution in [0.5, 0.6) is 5.75 Å². The van der Waals surface area contributed by atoms with Crippen LogP contribution in [0.25, 0.3) is 0 Å². The highest BCUT2D eigenvalue weighted by Crippen LogP contribution is 2.20. The molecule has 1 aliphatic heterocycles. The monoisotopic (exact) mass is 342 g/mol. The second-order valence-electron chi connectivity index (χ2n) is 6.03. The lowest BCUT2D eigenvalue weighted by molar-refractivity contribution is -0.119. The van der Waals surface area contributed by atoms with Crippen LogP contribution in [0.3, 0.4) is 0 Å². The van der Waals surface area contributed by atoms with Crippen LogP contribution in [0.15, 0.2) is 24.3 Å². The van der Waals surface area contributed by atoms with E-state index in [1.54, 1.807) is 0 Å². The van der Waals surface area contributed by atoms with Crippen molar-refractivity contribution in [1.29, 1.82) is 0 Å². The fourth-order valence-electron chi connectivity index (χ4n) is 2.26. The van der Waals surface area contributed by atoms with E-state index in [2.05, 4.69) is 5.32 Å². The predicted molar refractivity (Wildman–Crippen MR) is 94.2 cm³/mol. The minimum Gasteiger partial charge on any atom is -0.493 e. The van der Waals surface area contributed by atoms with Gasteiger partial charge in [0.15, 0.2) is 0 Å². The van der Waals surface area contributed by atoms with Crippen LogP contribution < -0.4 is 15.8 Å². The van der Waals surface area contributed by atoms with E-state index in [0.717, 1.165) is 44.1 Å². The van der Waals surface area contributed by atoms with Crippen LogP contribution in [-0.4, -0.2) is 31.8 Å². The second kappa shape index (κ2) is 9.75. The van der Waals surface area contributed by atoms with E-state index in [-0.39, 0.29) is 30.3 Å². The van der Waals surface area contributed by atoms with Crippen LogP contribution in [0.2, 0.25) is 0 Å². The molecule has 1 amide bonds. The highest BCUT2D eigenvalue weighted by Gasteiger charge is 2.17. The summed E-state index contributed by atoms with van der Waals surface area (Å²) in [5, 5.41) is 2.86. The topological polar surface area (TPSA) is 73.6 Å². The number of hydrogen-bond acceptors (Lipinski definition) is 4. The molecule has 2 atom stereocenters. The summed E-state index contributed by atoms with van der Waals surface area (Å²) < 4.78 is 11.1. The molecule has 0 saturated carbocycles. The molecule has 1 fully saturated rings. The zero-order chi connectivity index (χ0) is 15.9. The number of nitrogens with one attached hydrogen (secondary N) is 1. The van der Waals surface area contributed by atoms with Gasteiger partial charge in [0.25, 0.3) is 0 Å². The van der Waals surface area contributed by atoms with E-state index in [9.17, 15) is 4.79 Å². The maximum Gasteiger partial charge on any atom is 0.228 e. The number of anilines is 1. The van der Waals surface area contributed by atoms with E-state index < -0.39 is 0 Å². The lowest BCUT2D eigenvalue weighted by Crippen LogP contribution is -2.34. The third-order valence-corrected chi connectivity index (χ3v) is 4.15. The highest BCUT2D eigenvalue weighted by atomic mass is 35.5. The number of hydrogen-bond donors (Lipinski definition) is 2. The van der Waals surface area contributed by atoms with Gasteiger partial charge in [0, 0.05) is 24.9 Å².